The number of ether oxygens (including phenoxy) is 2. The van der Waals surface area contributed by atoms with Gasteiger partial charge in [0, 0.05) is 12.1 Å². The molecule has 0 radical (unpaired) electrons. The van der Waals surface area contributed by atoms with E-state index in [1.807, 2.05) is 42.5 Å². The SMILES string of the molecule is COc1ccc(CC[NH2+][C@H](CC(=O)Nc2ccc(C(C)C)cc2)C(=O)[O-])cc1OC. The highest BCUT2D eigenvalue weighted by Gasteiger charge is 2.18. The summed E-state index contributed by atoms with van der Waals surface area (Å²) in [5, 5.41) is 15.8. The number of methoxy groups -OCH3 is 2. The van der Waals surface area contributed by atoms with Gasteiger partial charge in [-0.05, 0) is 41.3 Å². The fourth-order valence-corrected chi connectivity index (χ4v) is 3.11. The predicted molar refractivity (Wildman–Crippen MR) is 113 cm³/mol. The number of amides is 1. The van der Waals surface area contributed by atoms with E-state index in [2.05, 4.69) is 19.2 Å². The lowest BCUT2D eigenvalue weighted by Crippen LogP contribution is -2.93. The second-order valence-corrected chi connectivity index (χ2v) is 7.42. The Balaban J connectivity index is 1.88. The molecule has 0 saturated carbocycles. The van der Waals surface area contributed by atoms with Crippen molar-refractivity contribution in [2.45, 2.75) is 38.6 Å². The standard InChI is InChI=1S/C23H30N2O5/c1-15(2)17-6-8-18(9-7-17)25-22(26)14-19(23(27)28)24-12-11-16-5-10-20(29-3)21(13-16)30-4/h5-10,13,15,19,24H,11-12,14H2,1-4H3,(H,25,26)(H,27,28)/t19-/m1/s1. The summed E-state index contributed by atoms with van der Waals surface area (Å²) in [5.41, 5.74) is 2.80. The number of carboxylic acids is 1. The molecule has 30 heavy (non-hydrogen) atoms. The Morgan fingerprint density at radius 3 is 2.27 bits per heavy atom. The zero-order valence-corrected chi connectivity index (χ0v) is 17.9. The van der Waals surface area contributed by atoms with Crippen molar-refractivity contribution in [2.24, 2.45) is 0 Å². The highest BCUT2D eigenvalue weighted by molar-refractivity contribution is 5.93. The van der Waals surface area contributed by atoms with E-state index in [4.69, 9.17) is 9.47 Å². The summed E-state index contributed by atoms with van der Waals surface area (Å²) in [6.07, 6.45) is 0.447. The van der Waals surface area contributed by atoms with Gasteiger partial charge < -0.3 is 30.0 Å². The van der Waals surface area contributed by atoms with E-state index in [-0.39, 0.29) is 12.3 Å². The first-order valence-electron chi connectivity index (χ1n) is 9.99. The molecule has 0 aliphatic carbocycles. The Morgan fingerprint density at radius 1 is 1.03 bits per heavy atom. The zero-order valence-electron chi connectivity index (χ0n) is 17.9. The van der Waals surface area contributed by atoms with Crippen LogP contribution in [0.1, 0.15) is 37.3 Å². The quantitative estimate of drug-likeness (QED) is 0.573. The molecule has 7 heteroatoms. The Labute approximate surface area is 177 Å². The van der Waals surface area contributed by atoms with Gasteiger partial charge in [0.2, 0.25) is 5.91 Å². The molecule has 0 spiro atoms. The summed E-state index contributed by atoms with van der Waals surface area (Å²) in [6.45, 7) is 4.68. The van der Waals surface area contributed by atoms with Gasteiger partial charge in [0.25, 0.3) is 0 Å². The molecule has 0 aromatic heterocycles. The Bertz CT molecular complexity index is 849. The van der Waals surface area contributed by atoms with Crippen molar-refractivity contribution in [1.82, 2.24) is 0 Å². The lowest BCUT2D eigenvalue weighted by Gasteiger charge is -2.17. The Kier molecular flexibility index (Phi) is 8.68. The minimum absolute atomic E-state index is 0.166. The maximum absolute atomic E-state index is 12.3. The largest absolute Gasteiger partial charge is 0.544 e. The summed E-state index contributed by atoms with van der Waals surface area (Å²) >= 11 is 0. The maximum Gasteiger partial charge on any atom is 0.230 e. The van der Waals surface area contributed by atoms with Crippen LogP contribution in [0.2, 0.25) is 0 Å². The molecule has 0 bridgehead atoms. The molecule has 7 nitrogen and oxygen atoms in total. The number of carbonyl (C=O) groups is 2. The summed E-state index contributed by atoms with van der Waals surface area (Å²) in [7, 11) is 3.13. The van der Waals surface area contributed by atoms with Gasteiger partial charge >= 0.3 is 0 Å². The molecule has 2 rings (SSSR count). The van der Waals surface area contributed by atoms with Gasteiger partial charge in [-0.25, -0.2) is 0 Å². The number of quaternary nitrogens is 1. The topological polar surface area (TPSA) is 104 Å². The lowest BCUT2D eigenvalue weighted by atomic mass is 10.0. The van der Waals surface area contributed by atoms with Crippen molar-refractivity contribution in [1.29, 1.82) is 0 Å². The van der Waals surface area contributed by atoms with Gasteiger partial charge in [-0.2, -0.15) is 0 Å². The van der Waals surface area contributed by atoms with Gasteiger partial charge in [-0.3, -0.25) is 4.79 Å². The number of hydrogen-bond donors (Lipinski definition) is 2. The maximum atomic E-state index is 12.3. The predicted octanol–water partition coefficient (Wildman–Crippen LogP) is 1.08. The highest BCUT2D eigenvalue weighted by atomic mass is 16.5. The molecule has 2 aromatic carbocycles. The average molecular weight is 415 g/mol. The van der Waals surface area contributed by atoms with Gasteiger partial charge in [0.05, 0.1) is 33.2 Å². The molecule has 0 saturated heterocycles. The number of carboxylic acid groups (broad SMARTS) is 1. The minimum atomic E-state index is -1.26. The zero-order chi connectivity index (χ0) is 22.1. The number of nitrogens with one attached hydrogen (secondary N) is 1. The third kappa shape index (κ3) is 6.77. The molecule has 1 atom stereocenters. The summed E-state index contributed by atoms with van der Waals surface area (Å²) < 4.78 is 10.5. The first kappa shape index (κ1) is 23.2. The van der Waals surface area contributed by atoms with E-state index in [0.717, 1.165) is 5.56 Å². The van der Waals surface area contributed by atoms with Crippen LogP contribution in [0.4, 0.5) is 5.69 Å². The first-order chi connectivity index (χ1) is 14.3. The third-order valence-electron chi connectivity index (χ3n) is 4.90. The number of anilines is 1. The van der Waals surface area contributed by atoms with E-state index in [1.165, 1.54) is 5.56 Å². The summed E-state index contributed by atoms with van der Waals surface area (Å²) in [6, 6.07) is 12.1. The number of aliphatic carboxylic acids is 1. The third-order valence-corrected chi connectivity index (χ3v) is 4.90. The Hall–Kier alpha value is -3.06. The molecule has 3 N–H and O–H groups in total. The van der Waals surface area contributed by atoms with E-state index in [0.29, 0.717) is 36.1 Å². The van der Waals surface area contributed by atoms with Crippen molar-refractivity contribution in [3.63, 3.8) is 0 Å². The van der Waals surface area contributed by atoms with Gasteiger partial charge in [0.1, 0.15) is 6.04 Å². The van der Waals surface area contributed by atoms with Crippen molar-refractivity contribution < 1.29 is 29.5 Å². The first-order valence-corrected chi connectivity index (χ1v) is 9.99. The van der Waals surface area contributed by atoms with Gasteiger partial charge in [0.15, 0.2) is 11.5 Å². The number of nitrogens with two attached hydrogens (primary N) is 1. The van der Waals surface area contributed by atoms with Gasteiger partial charge in [-0.1, -0.05) is 32.0 Å². The monoisotopic (exact) mass is 414 g/mol. The minimum Gasteiger partial charge on any atom is -0.544 e. The molecule has 0 unspecified atom stereocenters. The number of hydrogen-bond acceptors (Lipinski definition) is 5. The molecular weight excluding hydrogens is 384 g/mol. The number of carbonyl (C=O) groups excluding carboxylic acids is 2. The molecule has 0 aliphatic heterocycles. The molecule has 0 aliphatic rings. The van der Waals surface area contributed by atoms with Crippen LogP contribution in [0.15, 0.2) is 42.5 Å². The molecule has 0 fully saturated rings. The molecular formula is C23H30N2O5. The molecule has 2 aromatic rings. The van der Waals surface area contributed by atoms with Crippen LogP contribution in [0, 0.1) is 0 Å². The smallest absolute Gasteiger partial charge is 0.230 e. The van der Waals surface area contributed by atoms with E-state index >= 15 is 0 Å². The van der Waals surface area contributed by atoms with Crippen molar-refractivity contribution in [2.75, 3.05) is 26.1 Å². The summed E-state index contributed by atoms with van der Waals surface area (Å²) in [4.78, 5) is 23.8. The van der Waals surface area contributed by atoms with Crippen LogP contribution in [-0.4, -0.2) is 38.7 Å². The van der Waals surface area contributed by atoms with Crippen LogP contribution in [-0.2, 0) is 16.0 Å². The summed E-state index contributed by atoms with van der Waals surface area (Å²) in [5.74, 6) is 0.0409. The van der Waals surface area contributed by atoms with E-state index < -0.39 is 12.0 Å². The van der Waals surface area contributed by atoms with Crippen molar-refractivity contribution >= 4 is 17.6 Å². The van der Waals surface area contributed by atoms with Crippen LogP contribution in [0.5, 0.6) is 11.5 Å². The van der Waals surface area contributed by atoms with Crippen LogP contribution < -0.4 is 25.2 Å². The number of benzene rings is 2. The lowest BCUT2D eigenvalue weighted by molar-refractivity contribution is -0.682. The highest BCUT2D eigenvalue weighted by Crippen LogP contribution is 2.27. The average Bonchev–Trinajstić information content (AvgIpc) is 2.73. The number of rotatable bonds is 11. The molecule has 0 heterocycles. The fourth-order valence-electron chi connectivity index (χ4n) is 3.11. The second kappa shape index (κ2) is 11.2. The van der Waals surface area contributed by atoms with E-state index in [9.17, 15) is 14.7 Å². The normalized spacial score (nSPS) is 11.8. The Morgan fingerprint density at radius 2 is 1.70 bits per heavy atom. The fraction of sp³-hybridized carbons (Fsp3) is 0.391. The molecule has 162 valence electrons. The van der Waals surface area contributed by atoms with Crippen LogP contribution >= 0.6 is 0 Å². The molecule has 1 amide bonds. The van der Waals surface area contributed by atoms with E-state index in [1.54, 1.807) is 19.5 Å². The van der Waals surface area contributed by atoms with Crippen molar-refractivity contribution in [3.8, 4) is 11.5 Å². The van der Waals surface area contributed by atoms with Crippen LogP contribution in [0.25, 0.3) is 0 Å². The van der Waals surface area contributed by atoms with Crippen molar-refractivity contribution in [3.05, 3.63) is 53.6 Å². The second-order valence-electron chi connectivity index (χ2n) is 7.42. The van der Waals surface area contributed by atoms with Crippen LogP contribution in [0.3, 0.4) is 0 Å². The van der Waals surface area contributed by atoms with Gasteiger partial charge in [-0.15, -0.1) is 0 Å².